The first-order valence-electron chi connectivity index (χ1n) is 5.86. The molecule has 0 fully saturated rings. The number of carbonyl (C=O) groups is 2. The molecule has 0 aromatic heterocycles. The molecule has 0 rings (SSSR count). The summed E-state index contributed by atoms with van der Waals surface area (Å²) in [6.45, 7) is 10.9. The van der Waals surface area contributed by atoms with Gasteiger partial charge < -0.3 is 14.2 Å². The molecule has 5 nitrogen and oxygen atoms in total. The van der Waals surface area contributed by atoms with E-state index < -0.39 is 23.6 Å². The molecule has 105 valence electrons. The second kappa shape index (κ2) is 7.48. The molecule has 0 saturated heterocycles. The van der Waals surface area contributed by atoms with E-state index in [0.717, 1.165) is 0 Å². The van der Waals surface area contributed by atoms with Crippen LogP contribution in [0.1, 0.15) is 27.7 Å². The first-order valence-corrected chi connectivity index (χ1v) is 5.86. The Morgan fingerprint density at radius 2 is 1.78 bits per heavy atom. The molecule has 18 heavy (non-hydrogen) atoms. The summed E-state index contributed by atoms with van der Waals surface area (Å²) in [5, 5.41) is 0. The van der Waals surface area contributed by atoms with Gasteiger partial charge in [-0.05, 0) is 34.6 Å². The number of hydrogen-bond donors (Lipinski definition) is 0. The van der Waals surface area contributed by atoms with Crippen molar-refractivity contribution in [3.8, 4) is 0 Å². The van der Waals surface area contributed by atoms with Gasteiger partial charge in [-0.15, -0.1) is 0 Å². The van der Waals surface area contributed by atoms with E-state index >= 15 is 0 Å². The molecule has 0 bridgehead atoms. The summed E-state index contributed by atoms with van der Waals surface area (Å²) in [6, 6.07) is 0. The Hall–Kier alpha value is -0.940. The van der Waals surface area contributed by atoms with Crippen LogP contribution in [0, 0.1) is 12.8 Å². The maximum absolute atomic E-state index is 11.8. The molecule has 2 atom stereocenters. The van der Waals surface area contributed by atoms with Crippen LogP contribution in [0.25, 0.3) is 0 Å². The Bertz CT molecular complexity index is 280. The SMILES string of the molecule is [CH2]C(C(=O)OC(C)(C)C)C(OCCOC)C(C)=O. The first-order chi connectivity index (χ1) is 8.19. The van der Waals surface area contributed by atoms with Gasteiger partial charge in [-0.2, -0.15) is 0 Å². The summed E-state index contributed by atoms with van der Waals surface area (Å²) in [5.74, 6) is -1.67. The monoisotopic (exact) mass is 259 g/mol. The Morgan fingerprint density at radius 3 is 2.17 bits per heavy atom. The van der Waals surface area contributed by atoms with Crippen molar-refractivity contribution >= 4 is 11.8 Å². The highest BCUT2D eigenvalue weighted by atomic mass is 16.6. The molecule has 0 spiro atoms. The second-order valence-electron chi connectivity index (χ2n) is 5.03. The van der Waals surface area contributed by atoms with E-state index in [1.165, 1.54) is 14.0 Å². The minimum absolute atomic E-state index is 0.232. The van der Waals surface area contributed by atoms with Gasteiger partial charge in [-0.3, -0.25) is 9.59 Å². The van der Waals surface area contributed by atoms with Gasteiger partial charge in [0.25, 0.3) is 0 Å². The Morgan fingerprint density at radius 1 is 1.22 bits per heavy atom. The normalized spacial score (nSPS) is 15.0. The minimum Gasteiger partial charge on any atom is -0.460 e. The Kier molecular flexibility index (Phi) is 7.09. The summed E-state index contributed by atoms with van der Waals surface area (Å²) < 4.78 is 15.3. The zero-order chi connectivity index (χ0) is 14.3. The molecule has 5 heteroatoms. The molecule has 1 radical (unpaired) electrons. The molecule has 0 N–H and O–H groups in total. The van der Waals surface area contributed by atoms with Gasteiger partial charge in [0.1, 0.15) is 11.7 Å². The molecule has 2 unspecified atom stereocenters. The van der Waals surface area contributed by atoms with Gasteiger partial charge in [-0.25, -0.2) is 0 Å². The molecule has 0 aliphatic rings. The third kappa shape index (κ3) is 6.71. The van der Waals surface area contributed by atoms with Crippen LogP contribution in [0.15, 0.2) is 0 Å². The average Bonchev–Trinajstić information content (AvgIpc) is 2.20. The van der Waals surface area contributed by atoms with Gasteiger partial charge in [0.05, 0.1) is 19.1 Å². The lowest BCUT2D eigenvalue weighted by molar-refractivity contribution is -0.166. The molecule has 0 amide bonds. The van der Waals surface area contributed by atoms with Gasteiger partial charge in [0.15, 0.2) is 5.78 Å². The smallest absolute Gasteiger partial charge is 0.312 e. The number of hydrogen-bond acceptors (Lipinski definition) is 5. The molecule has 0 saturated carbocycles. The summed E-state index contributed by atoms with van der Waals surface area (Å²) in [7, 11) is 1.53. The first kappa shape index (κ1) is 17.1. The van der Waals surface area contributed by atoms with E-state index in [0.29, 0.717) is 6.61 Å². The average molecular weight is 259 g/mol. The molecule has 0 heterocycles. The molecule has 0 aliphatic heterocycles. The lowest BCUT2D eigenvalue weighted by atomic mass is 10.0. The Balaban J connectivity index is 4.51. The summed E-state index contributed by atoms with van der Waals surface area (Å²) in [5.41, 5.74) is -0.610. The zero-order valence-corrected chi connectivity index (χ0v) is 11.8. The molecular weight excluding hydrogens is 236 g/mol. The fourth-order valence-corrected chi connectivity index (χ4v) is 1.28. The van der Waals surface area contributed by atoms with E-state index in [1.807, 2.05) is 0 Å². The molecular formula is C13H23O5. The van der Waals surface area contributed by atoms with Crippen molar-refractivity contribution in [2.24, 2.45) is 5.92 Å². The van der Waals surface area contributed by atoms with Crippen LogP contribution in [0.5, 0.6) is 0 Å². The number of esters is 1. The van der Waals surface area contributed by atoms with Gasteiger partial charge in [-0.1, -0.05) is 0 Å². The van der Waals surface area contributed by atoms with E-state index in [2.05, 4.69) is 6.92 Å². The van der Waals surface area contributed by atoms with Crippen molar-refractivity contribution in [3.05, 3.63) is 6.92 Å². The zero-order valence-electron chi connectivity index (χ0n) is 11.8. The van der Waals surface area contributed by atoms with Crippen LogP contribution in [-0.2, 0) is 23.8 Å². The lowest BCUT2D eigenvalue weighted by Crippen LogP contribution is -2.39. The van der Waals surface area contributed by atoms with Crippen LogP contribution >= 0.6 is 0 Å². The van der Waals surface area contributed by atoms with Crippen LogP contribution in [0.2, 0.25) is 0 Å². The van der Waals surface area contributed by atoms with E-state index in [1.54, 1.807) is 20.8 Å². The van der Waals surface area contributed by atoms with Crippen LogP contribution < -0.4 is 0 Å². The number of ketones is 1. The summed E-state index contributed by atoms with van der Waals surface area (Å²) in [6.07, 6.45) is -0.894. The summed E-state index contributed by atoms with van der Waals surface area (Å²) >= 11 is 0. The van der Waals surface area contributed by atoms with Crippen LogP contribution in [0.4, 0.5) is 0 Å². The van der Waals surface area contributed by atoms with Crippen LogP contribution in [-0.4, -0.2) is 43.8 Å². The third-order valence-electron chi connectivity index (χ3n) is 2.06. The van der Waals surface area contributed by atoms with Crippen molar-refractivity contribution in [3.63, 3.8) is 0 Å². The summed E-state index contributed by atoms with van der Waals surface area (Å²) in [4.78, 5) is 23.2. The van der Waals surface area contributed by atoms with E-state index in [9.17, 15) is 9.59 Å². The number of Topliss-reactive ketones (excluding diaryl/α,β-unsaturated/α-hetero) is 1. The maximum atomic E-state index is 11.8. The van der Waals surface area contributed by atoms with E-state index in [4.69, 9.17) is 14.2 Å². The second-order valence-corrected chi connectivity index (χ2v) is 5.03. The largest absolute Gasteiger partial charge is 0.460 e. The number of rotatable bonds is 7. The lowest BCUT2D eigenvalue weighted by Gasteiger charge is -2.25. The highest BCUT2D eigenvalue weighted by molar-refractivity contribution is 5.87. The van der Waals surface area contributed by atoms with Gasteiger partial charge in [0.2, 0.25) is 0 Å². The van der Waals surface area contributed by atoms with Crippen molar-refractivity contribution in [2.45, 2.75) is 39.4 Å². The molecule has 0 aliphatic carbocycles. The van der Waals surface area contributed by atoms with Gasteiger partial charge >= 0.3 is 5.97 Å². The predicted molar refractivity (Wildman–Crippen MR) is 67.0 cm³/mol. The highest BCUT2D eigenvalue weighted by Gasteiger charge is 2.32. The van der Waals surface area contributed by atoms with Crippen LogP contribution in [0.3, 0.4) is 0 Å². The number of carbonyl (C=O) groups excluding carboxylic acids is 2. The minimum atomic E-state index is -0.894. The van der Waals surface area contributed by atoms with Crippen molar-refractivity contribution in [1.82, 2.24) is 0 Å². The maximum Gasteiger partial charge on any atom is 0.312 e. The fraction of sp³-hybridized carbons (Fsp3) is 0.769. The fourth-order valence-electron chi connectivity index (χ4n) is 1.28. The standard InChI is InChI=1S/C13H23O5/c1-9(12(15)18-13(3,4)5)11(10(2)14)17-8-7-16-6/h9,11H,1,7-8H2,2-6H3. The van der Waals surface area contributed by atoms with Crippen molar-refractivity contribution in [1.29, 1.82) is 0 Å². The van der Waals surface area contributed by atoms with Gasteiger partial charge in [0, 0.05) is 7.11 Å². The topological polar surface area (TPSA) is 61.8 Å². The molecule has 0 aromatic rings. The number of methoxy groups -OCH3 is 1. The number of ether oxygens (including phenoxy) is 3. The van der Waals surface area contributed by atoms with Crippen molar-refractivity contribution in [2.75, 3.05) is 20.3 Å². The highest BCUT2D eigenvalue weighted by Crippen LogP contribution is 2.16. The Labute approximate surface area is 109 Å². The van der Waals surface area contributed by atoms with E-state index in [-0.39, 0.29) is 12.4 Å². The quantitative estimate of drug-likeness (QED) is 0.511. The molecule has 0 aromatic carbocycles. The van der Waals surface area contributed by atoms with Crippen molar-refractivity contribution < 1.29 is 23.8 Å². The predicted octanol–water partition coefficient (Wildman–Crippen LogP) is 1.40. The third-order valence-corrected chi connectivity index (χ3v) is 2.06.